The first-order chi connectivity index (χ1) is 8.99. The summed E-state index contributed by atoms with van der Waals surface area (Å²) in [4.78, 5) is 36.9. The zero-order valence-corrected chi connectivity index (χ0v) is 20.6. The number of rotatable bonds is 4. The van der Waals surface area contributed by atoms with Gasteiger partial charge in [-0.1, -0.05) is 27.7 Å². The van der Waals surface area contributed by atoms with E-state index < -0.39 is 26.7 Å². The van der Waals surface area contributed by atoms with Crippen LogP contribution >= 0.6 is 15.2 Å². The largest absolute Gasteiger partial charge is 1.00 e. The van der Waals surface area contributed by atoms with Gasteiger partial charge >= 0.3 is 74.3 Å². The van der Waals surface area contributed by atoms with Crippen LogP contribution in [0.4, 0.5) is 0 Å². The minimum atomic E-state index is -5.37. The molecule has 0 heterocycles. The molecule has 7 nitrogen and oxygen atoms in total. The maximum atomic E-state index is 11.4. The molecule has 1 fully saturated rings. The monoisotopic (exact) mass is 392 g/mol. The zero-order valence-electron chi connectivity index (χ0n) is 16.9. The fourth-order valence-electron chi connectivity index (χ4n) is 4.01. The number of hydrogen-bond donors (Lipinski definition) is 5. The van der Waals surface area contributed by atoms with Gasteiger partial charge in [-0.2, -0.15) is 0 Å². The van der Waals surface area contributed by atoms with E-state index in [-0.39, 0.29) is 78.7 Å². The van der Waals surface area contributed by atoms with Gasteiger partial charge in [0.2, 0.25) is 0 Å². The van der Waals surface area contributed by atoms with E-state index in [1.54, 1.807) is 0 Å². The summed E-state index contributed by atoms with van der Waals surface area (Å²) in [5.74, 6) is -0.367. The Bertz CT molecular complexity index is 470. The van der Waals surface area contributed by atoms with Gasteiger partial charge in [0.05, 0.1) is 0 Å². The first-order valence-electron chi connectivity index (χ1n) is 6.83. The molecule has 0 saturated heterocycles. The van der Waals surface area contributed by atoms with Crippen molar-refractivity contribution in [1.29, 1.82) is 0 Å². The van der Waals surface area contributed by atoms with Crippen molar-refractivity contribution in [3.63, 3.8) is 0 Å². The van der Waals surface area contributed by atoms with Gasteiger partial charge in [0.15, 0.2) is 0 Å². The zero-order chi connectivity index (χ0) is 16.9. The minimum Gasteiger partial charge on any atom is -1.00 e. The second-order valence-corrected chi connectivity index (χ2v) is 11.9. The summed E-state index contributed by atoms with van der Waals surface area (Å²) in [6.07, 6.45) is 1.41. The Morgan fingerprint density at radius 3 is 1.52 bits per heavy atom. The average molecular weight is 392 g/mol. The minimum absolute atomic E-state index is 0. The Hall–Kier alpha value is 2.26. The SMILES string of the molecule is CC1(C)CC(CC(O)(P(=O)(O)O)P(=O)(O)O)CC(C)(C)C1.[H-].[H-].[Na+].[Na+]. The summed E-state index contributed by atoms with van der Waals surface area (Å²) in [6, 6.07) is 0. The van der Waals surface area contributed by atoms with Crippen LogP contribution in [0.3, 0.4) is 0 Å². The smallest absolute Gasteiger partial charge is 1.00 e. The van der Waals surface area contributed by atoms with E-state index in [4.69, 9.17) is 0 Å². The summed E-state index contributed by atoms with van der Waals surface area (Å²) in [5.41, 5.74) is -0.228. The van der Waals surface area contributed by atoms with Crippen LogP contribution in [0.2, 0.25) is 0 Å². The van der Waals surface area contributed by atoms with Crippen molar-refractivity contribution >= 4 is 15.2 Å². The van der Waals surface area contributed by atoms with E-state index in [2.05, 4.69) is 0 Å². The van der Waals surface area contributed by atoms with E-state index >= 15 is 0 Å². The van der Waals surface area contributed by atoms with Crippen LogP contribution in [0.15, 0.2) is 0 Å². The van der Waals surface area contributed by atoms with Gasteiger partial charge in [-0.3, -0.25) is 9.13 Å². The van der Waals surface area contributed by atoms with Gasteiger partial charge < -0.3 is 27.5 Å². The first-order valence-corrected chi connectivity index (χ1v) is 10.1. The third-order valence-corrected chi connectivity index (χ3v) is 7.93. The Labute approximate surface area is 184 Å². The summed E-state index contributed by atoms with van der Waals surface area (Å²) in [5, 5.41) is 6.75. The second-order valence-electron chi connectivity index (χ2n) is 7.85. The molecule has 1 aliphatic rings. The van der Waals surface area contributed by atoms with Crippen LogP contribution in [-0.2, 0) is 9.13 Å². The molecule has 0 unspecified atom stereocenters. The molecule has 1 saturated carbocycles. The Morgan fingerprint density at radius 1 is 0.957 bits per heavy atom. The molecule has 0 aliphatic heterocycles. The summed E-state index contributed by atoms with van der Waals surface area (Å²) in [6.45, 7) is 8.04. The predicted molar refractivity (Wildman–Crippen MR) is 80.8 cm³/mol. The molecule has 11 heteroatoms. The normalized spacial score (nSPS) is 22.0. The second kappa shape index (κ2) is 8.52. The van der Waals surface area contributed by atoms with E-state index in [1.165, 1.54) is 0 Å². The fourth-order valence-corrected chi connectivity index (χ4v) is 6.36. The molecule has 130 valence electrons. The van der Waals surface area contributed by atoms with Crippen LogP contribution in [-0.4, -0.2) is 29.8 Å². The van der Waals surface area contributed by atoms with Crippen molar-refractivity contribution in [3.8, 4) is 0 Å². The molecule has 0 aromatic rings. The molecule has 0 amide bonds. The van der Waals surface area contributed by atoms with E-state index in [1.807, 2.05) is 27.7 Å². The average Bonchev–Trinajstić information content (AvgIpc) is 2.07. The molecule has 0 atom stereocenters. The molecule has 5 N–H and O–H groups in total. The molecular weight excluding hydrogens is 364 g/mol. The van der Waals surface area contributed by atoms with E-state index in [0.717, 1.165) is 6.42 Å². The number of aliphatic hydroxyl groups is 1. The molecule has 23 heavy (non-hydrogen) atoms. The Balaban J connectivity index is -0.000000551. The maximum Gasteiger partial charge on any atom is 1.00 e. The molecule has 1 rings (SSSR count). The molecule has 1 aliphatic carbocycles. The van der Waals surface area contributed by atoms with Gasteiger partial charge in [-0.25, -0.2) is 0 Å². The fraction of sp³-hybridized carbons (Fsp3) is 1.00. The van der Waals surface area contributed by atoms with Crippen molar-refractivity contribution in [2.45, 2.75) is 58.5 Å². The summed E-state index contributed by atoms with van der Waals surface area (Å²) in [7, 11) is -10.7. The van der Waals surface area contributed by atoms with Gasteiger partial charge in [0, 0.05) is 6.42 Å². The Kier molecular flexibility index (Phi) is 10.2. The van der Waals surface area contributed by atoms with E-state index in [0.29, 0.717) is 12.8 Å². The molecule has 0 bridgehead atoms. The first kappa shape index (κ1) is 27.5. The standard InChI is InChI=1S/C12H26O7P2.2Na.2H/c1-10(2)5-9(6-11(3,4)8-10)7-12(13,20(14,15)16)21(17,18)19;;;;/h9,13H,5-8H2,1-4H3,(H2,14,15,16)(H2,17,18,19);;;;/q;2*+1;2*-1. The quantitative estimate of drug-likeness (QED) is 0.247. The number of hydrogen-bond acceptors (Lipinski definition) is 3. The van der Waals surface area contributed by atoms with Crippen LogP contribution in [0.5, 0.6) is 0 Å². The molecule has 0 radical (unpaired) electrons. The summed E-state index contributed by atoms with van der Waals surface area (Å²) >= 11 is 0. The van der Waals surface area contributed by atoms with Crippen molar-refractivity contribution in [2.75, 3.05) is 0 Å². The third kappa shape index (κ3) is 7.06. The summed E-state index contributed by atoms with van der Waals surface area (Å²) < 4.78 is 22.9. The van der Waals surface area contributed by atoms with E-state index in [9.17, 15) is 33.8 Å². The van der Waals surface area contributed by atoms with Gasteiger partial charge in [-0.05, 0) is 36.0 Å². The van der Waals surface area contributed by atoms with Crippen LogP contribution in [0.25, 0.3) is 0 Å². The topological polar surface area (TPSA) is 135 Å². The van der Waals surface area contributed by atoms with Gasteiger partial charge in [-0.15, -0.1) is 0 Å². The Morgan fingerprint density at radius 2 is 1.26 bits per heavy atom. The van der Waals surface area contributed by atoms with Crippen molar-refractivity contribution in [1.82, 2.24) is 0 Å². The molecular formula is C12H28Na2O7P2. The van der Waals surface area contributed by atoms with Crippen LogP contribution in [0.1, 0.15) is 56.2 Å². The third-order valence-electron chi connectivity index (χ3n) is 4.14. The molecule has 0 aromatic heterocycles. The van der Waals surface area contributed by atoms with Crippen molar-refractivity contribution in [3.05, 3.63) is 0 Å². The molecule has 0 spiro atoms. The van der Waals surface area contributed by atoms with Gasteiger partial charge in [0.1, 0.15) is 0 Å². The predicted octanol–water partition coefficient (Wildman–Crippen LogP) is -3.54. The maximum absolute atomic E-state index is 11.4. The van der Waals surface area contributed by atoms with Gasteiger partial charge in [0.25, 0.3) is 5.08 Å². The van der Waals surface area contributed by atoms with Crippen LogP contribution in [0, 0.1) is 16.7 Å². The molecule has 0 aromatic carbocycles. The van der Waals surface area contributed by atoms with Crippen molar-refractivity contribution < 1.29 is 95.8 Å². The van der Waals surface area contributed by atoms with Crippen molar-refractivity contribution in [2.24, 2.45) is 16.7 Å². The van der Waals surface area contributed by atoms with Crippen LogP contribution < -0.4 is 59.1 Å².